The van der Waals surface area contributed by atoms with Crippen LogP contribution >= 0.6 is 11.6 Å². The van der Waals surface area contributed by atoms with Crippen LogP contribution < -0.4 is 10.1 Å². The molecule has 0 saturated heterocycles. The summed E-state index contributed by atoms with van der Waals surface area (Å²) in [4.78, 5) is 11.3. The van der Waals surface area contributed by atoms with Gasteiger partial charge < -0.3 is 19.7 Å². The van der Waals surface area contributed by atoms with Crippen molar-refractivity contribution in [2.75, 3.05) is 11.2 Å². The van der Waals surface area contributed by atoms with Gasteiger partial charge in [-0.3, -0.25) is 4.79 Å². The van der Waals surface area contributed by atoms with E-state index in [1.165, 1.54) is 0 Å². The summed E-state index contributed by atoms with van der Waals surface area (Å²) in [5.74, 6) is -0.108. The molecule has 0 aliphatic heterocycles. The molecule has 27 heavy (non-hydrogen) atoms. The van der Waals surface area contributed by atoms with Gasteiger partial charge in [0.1, 0.15) is 18.2 Å². The number of carboxylic acid groups (broad SMARTS) is 1. The number of nitrogens with zero attached hydrogens (tertiary/aromatic N) is 1. The first-order chi connectivity index (χ1) is 12.8. The first-order valence-electron chi connectivity index (χ1n) is 7.99. The molecule has 1 heterocycles. The Balaban J connectivity index is 2.09. The molecule has 0 fully saturated rings. The van der Waals surface area contributed by atoms with Gasteiger partial charge in [-0.05, 0) is 49.4 Å². The summed E-state index contributed by atoms with van der Waals surface area (Å²) < 4.78 is 29.3. The maximum absolute atomic E-state index is 11.3. The van der Waals surface area contributed by atoms with Crippen LogP contribution in [0.3, 0.4) is 0 Å². The van der Waals surface area contributed by atoms with E-state index >= 15 is 0 Å². The van der Waals surface area contributed by atoms with Gasteiger partial charge in [0.05, 0.1) is 11.2 Å². The van der Waals surface area contributed by atoms with Gasteiger partial charge in [-0.2, -0.15) is 0 Å². The quantitative estimate of drug-likeness (QED) is 0.518. The van der Waals surface area contributed by atoms with E-state index in [0.717, 1.165) is 0 Å². The van der Waals surface area contributed by atoms with Crippen LogP contribution in [-0.4, -0.2) is 29.9 Å². The van der Waals surface area contributed by atoms with Crippen LogP contribution in [0, 0.1) is 6.92 Å². The van der Waals surface area contributed by atoms with Crippen LogP contribution in [0.25, 0.3) is 10.9 Å². The Bertz CT molecular complexity index is 1070. The zero-order valence-corrected chi connectivity index (χ0v) is 16.0. The normalized spacial score (nSPS) is 11.1. The predicted molar refractivity (Wildman–Crippen MR) is 105 cm³/mol. The summed E-state index contributed by atoms with van der Waals surface area (Å²) in [6.45, 7) is 1.56. The number of thiol groups is 1. The van der Waals surface area contributed by atoms with Gasteiger partial charge in [0.15, 0.2) is 16.5 Å². The molecular weight excluding hydrogens is 392 g/mol. The number of aliphatic carboxylic acids is 1. The molecule has 9 heteroatoms. The molecule has 0 aliphatic rings. The van der Waals surface area contributed by atoms with Gasteiger partial charge in [0.2, 0.25) is 0 Å². The van der Waals surface area contributed by atoms with E-state index in [0.29, 0.717) is 38.8 Å². The lowest BCUT2D eigenvalue weighted by Crippen LogP contribution is -2.10. The fraction of sp³-hybridized carbons (Fsp3) is 0.167. The second-order valence-electron chi connectivity index (χ2n) is 5.85. The molecule has 2 aromatic carbocycles. The predicted octanol–water partition coefficient (Wildman–Crippen LogP) is 3.46. The molecule has 3 aromatic rings. The van der Waals surface area contributed by atoms with E-state index in [1.807, 2.05) is 0 Å². The first-order valence-corrected chi connectivity index (χ1v) is 9.73. The lowest BCUT2D eigenvalue weighted by molar-refractivity contribution is -0.137. The van der Waals surface area contributed by atoms with Crippen LogP contribution in [0.4, 0.5) is 5.69 Å². The zero-order valence-electron chi connectivity index (χ0n) is 14.3. The highest BCUT2D eigenvalue weighted by Gasteiger charge is 2.18. The minimum atomic E-state index is -2.57. The van der Waals surface area contributed by atoms with Crippen molar-refractivity contribution in [1.29, 1.82) is 0 Å². The molecular formula is C18H17ClN2O5S. The monoisotopic (exact) mass is 408 g/mol. The number of rotatable bonds is 7. The summed E-state index contributed by atoms with van der Waals surface area (Å²) in [5, 5.41) is 13.3. The topological polar surface area (TPSA) is 97.6 Å². The van der Waals surface area contributed by atoms with Crippen molar-refractivity contribution >= 4 is 44.9 Å². The summed E-state index contributed by atoms with van der Waals surface area (Å²) >= 11 is 5.90. The van der Waals surface area contributed by atoms with Gasteiger partial charge in [0.25, 0.3) is 0 Å². The van der Waals surface area contributed by atoms with Crippen LogP contribution in [0.5, 0.6) is 11.5 Å². The molecule has 142 valence electrons. The Kier molecular flexibility index (Phi) is 5.57. The average Bonchev–Trinajstić information content (AvgIpc) is 2.86. The highest BCUT2D eigenvalue weighted by molar-refractivity contribution is 7.72. The molecule has 0 unspecified atom stereocenters. The Morgan fingerprint density at radius 1 is 1.22 bits per heavy atom. The number of fused-ring (bicyclic) bond motifs is 1. The number of nitrogens with one attached hydrogen (secondary N) is 1. The molecule has 0 radical (unpaired) electrons. The van der Waals surface area contributed by atoms with Gasteiger partial charge in [-0.15, -0.1) is 0 Å². The van der Waals surface area contributed by atoms with Crippen molar-refractivity contribution in [2.45, 2.75) is 13.5 Å². The lowest BCUT2D eigenvalue weighted by Gasteiger charge is -2.07. The zero-order chi connectivity index (χ0) is 19.6. The van der Waals surface area contributed by atoms with E-state index in [2.05, 4.69) is 5.32 Å². The third kappa shape index (κ3) is 4.35. The highest BCUT2D eigenvalue weighted by Crippen LogP contribution is 2.37. The van der Waals surface area contributed by atoms with E-state index in [-0.39, 0.29) is 12.4 Å². The molecule has 0 aliphatic carbocycles. The van der Waals surface area contributed by atoms with Crippen LogP contribution in [0.15, 0.2) is 42.5 Å². The maximum atomic E-state index is 11.3. The molecule has 2 N–H and O–H groups in total. The maximum Gasteiger partial charge on any atom is 0.323 e. The summed E-state index contributed by atoms with van der Waals surface area (Å²) in [7, 11) is -2.57. The second-order valence-corrected chi connectivity index (χ2v) is 7.27. The molecule has 0 saturated carbocycles. The van der Waals surface area contributed by atoms with E-state index in [9.17, 15) is 18.3 Å². The number of halogens is 1. The van der Waals surface area contributed by atoms with Gasteiger partial charge >= 0.3 is 5.97 Å². The summed E-state index contributed by atoms with van der Waals surface area (Å²) in [6.07, 6.45) is 0. The summed E-state index contributed by atoms with van der Waals surface area (Å²) in [5.41, 5.74) is 1.92. The van der Waals surface area contributed by atoms with Gasteiger partial charge in [0, 0.05) is 16.1 Å². The second kappa shape index (κ2) is 7.89. The van der Waals surface area contributed by atoms with Crippen molar-refractivity contribution in [3.05, 3.63) is 53.2 Å². The Hall–Kier alpha value is -2.71. The fourth-order valence-electron chi connectivity index (χ4n) is 2.81. The lowest BCUT2D eigenvalue weighted by atomic mass is 10.2. The number of ether oxygens (including phenoxy) is 1. The van der Waals surface area contributed by atoms with Gasteiger partial charge in [-0.1, -0.05) is 11.6 Å². The average molecular weight is 409 g/mol. The Morgan fingerprint density at radius 2 is 1.93 bits per heavy atom. The first kappa shape index (κ1) is 19.1. The molecule has 3 rings (SSSR count). The molecule has 0 bridgehead atoms. The number of carboxylic acids is 1. The van der Waals surface area contributed by atoms with Crippen molar-refractivity contribution in [2.24, 2.45) is 0 Å². The van der Waals surface area contributed by atoms with Crippen molar-refractivity contribution in [1.82, 2.24) is 4.57 Å². The standard InChI is InChI=1S/C18H17ClN2O5S/c1-11-18(26-14-5-2-12(19)3-6-14)15-8-13(20-10-27(24)25)4-7-16(15)21(11)9-17(22)23/h2-8,20,27H,9-10H2,1H3,(H,22,23). The number of carbonyl (C=O) groups is 1. The molecule has 1 aromatic heterocycles. The Morgan fingerprint density at radius 3 is 2.56 bits per heavy atom. The third-order valence-electron chi connectivity index (χ3n) is 4.00. The summed E-state index contributed by atoms with van der Waals surface area (Å²) in [6, 6.07) is 12.0. The van der Waals surface area contributed by atoms with Crippen molar-refractivity contribution < 1.29 is 23.1 Å². The number of hydrogen-bond donors (Lipinski definition) is 3. The van der Waals surface area contributed by atoms with E-state index in [1.54, 1.807) is 54.0 Å². The Labute approximate surface area is 162 Å². The van der Waals surface area contributed by atoms with Crippen LogP contribution in [0.2, 0.25) is 5.02 Å². The smallest absolute Gasteiger partial charge is 0.323 e. The number of hydrogen-bond acceptors (Lipinski definition) is 5. The minimum absolute atomic E-state index is 0.191. The SMILES string of the molecule is Cc1c(Oc2ccc(Cl)cc2)c2cc(NC[SH](=O)=O)ccc2n1CC(=O)O. The van der Waals surface area contributed by atoms with Crippen molar-refractivity contribution in [3.63, 3.8) is 0 Å². The van der Waals surface area contributed by atoms with Crippen LogP contribution in [-0.2, 0) is 22.0 Å². The van der Waals surface area contributed by atoms with E-state index in [4.69, 9.17) is 16.3 Å². The molecule has 0 amide bonds. The van der Waals surface area contributed by atoms with Gasteiger partial charge in [-0.25, -0.2) is 8.42 Å². The largest absolute Gasteiger partial charge is 0.480 e. The van der Waals surface area contributed by atoms with Crippen molar-refractivity contribution in [3.8, 4) is 11.5 Å². The minimum Gasteiger partial charge on any atom is -0.480 e. The number of benzene rings is 2. The number of aromatic nitrogens is 1. The van der Waals surface area contributed by atoms with E-state index < -0.39 is 16.7 Å². The molecule has 0 atom stereocenters. The fourth-order valence-corrected chi connectivity index (χ4v) is 3.24. The molecule has 0 spiro atoms. The molecule has 7 nitrogen and oxygen atoms in total. The highest BCUT2D eigenvalue weighted by atomic mass is 35.5. The third-order valence-corrected chi connectivity index (χ3v) is 4.67. The number of anilines is 1. The van der Waals surface area contributed by atoms with Crippen LogP contribution in [0.1, 0.15) is 5.69 Å².